The predicted molar refractivity (Wildman–Crippen MR) is 239 cm³/mol. The summed E-state index contributed by atoms with van der Waals surface area (Å²) in [6.07, 6.45) is 8.25. The van der Waals surface area contributed by atoms with E-state index in [1.165, 1.54) is 0 Å². The van der Waals surface area contributed by atoms with Crippen LogP contribution in [0.25, 0.3) is 65.9 Å². The molecule has 60 heavy (non-hydrogen) atoms. The van der Waals surface area contributed by atoms with E-state index in [9.17, 15) is 19.2 Å². The molecule has 300 valence electrons. The average Bonchev–Trinajstić information content (AvgIpc) is 4.06. The van der Waals surface area contributed by atoms with Gasteiger partial charge in [-0.05, 0) is 102 Å². The highest BCUT2D eigenvalue weighted by Gasteiger charge is 2.36. The van der Waals surface area contributed by atoms with E-state index in [2.05, 4.69) is 35.1 Å². The summed E-state index contributed by atoms with van der Waals surface area (Å²) in [4.78, 5) is 63.2. The van der Waals surface area contributed by atoms with Gasteiger partial charge in [0.25, 0.3) is 23.6 Å². The number of H-pyrrole nitrogens is 3. The van der Waals surface area contributed by atoms with Gasteiger partial charge in [0.15, 0.2) is 0 Å². The minimum Gasteiger partial charge on any atom is -0.361 e. The lowest BCUT2D eigenvalue weighted by molar-refractivity contribution is -0.124. The van der Waals surface area contributed by atoms with Crippen molar-refractivity contribution in [3.63, 3.8) is 0 Å². The zero-order chi connectivity index (χ0) is 42.0. The molecule has 5 N–H and O–H groups in total. The van der Waals surface area contributed by atoms with E-state index in [-0.39, 0.29) is 11.8 Å². The van der Waals surface area contributed by atoms with Crippen LogP contribution in [0.3, 0.4) is 0 Å². The number of halogens is 2. The van der Waals surface area contributed by atoms with Crippen molar-refractivity contribution in [1.82, 2.24) is 35.1 Å². The Morgan fingerprint density at radius 1 is 0.533 bits per heavy atom. The van der Waals surface area contributed by atoms with Crippen LogP contribution in [0, 0.1) is 13.8 Å². The van der Waals surface area contributed by atoms with Gasteiger partial charge in [0.1, 0.15) is 0 Å². The van der Waals surface area contributed by atoms with E-state index in [0.717, 1.165) is 85.4 Å². The number of hydrogen-bond acceptors (Lipinski definition) is 5. The van der Waals surface area contributed by atoms with E-state index in [1.54, 1.807) is 30.7 Å². The molecule has 0 aliphatic carbocycles. The molecule has 0 atom stereocenters. The molecular formula is C47H39Cl2N7O4. The van der Waals surface area contributed by atoms with E-state index >= 15 is 0 Å². The molecule has 2 aliphatic heterocycles. The number of carbonyl (C=O) groups excluding carboxylic acids is 4. The van der Waals surface area contributed by atoms with Gasteiger partial charge in [-0.25, -0.2) is 0 Å². The SMILES string of the molecule is CN(C)CCCn1cc(C2=C(c3c[nH]c4ccc(Cl)cc34)C(=O)NC2=O)c2cc(Cl)ccc21.Cc1ccc2[nH]cc(C3=C(c4c[nH]c5ccc(C)cc45)C(=O)NC3=O)c2c1. The van der Waals surface area contributed by atoms with Crippen LogP contribution >= 0.6 is 23.2 Å². The molecular weight excluding hydrogens is 797 g/mol. The zero-order valence-electron chi connectivity index (χ0n) is 33.1. The minimum absolute atomic E-state index is 0.334. The number of nitrogens with zero attached hydrogens (tertiary/aromatic N) is 2. The first kappa shape index (κ1) is 38.8. The third-order valence-corrected chi connectivity index (χ3v) is 11.6. The van der Waals surface area contributed by atoms with Crippen molar-refractivity contribution in [3.8, 4) is 0 Å². The summed E-state index contributed by atoms with van der Waals surface area (Å²) in [5.41, 5.74) is 10.2. The van der Waals surface area contributed by atoms with Crippen LogP contribution in [0.4, 0.5) is 0 Å². The fourth-order valence-corrected chi connectivity index (χ4v) is 8.68. The highest BCUT2D eigenvalue weighted by molar-refractivity contribution is 6.52. The third-order valence-electron chi connectivity index (χ3n) is 11.1. The van der Waals surface area contributed by atoms with Crippen LogP contribution in [0.2, 0.25) is 10.0 Å². The average molecular weight is 837 g/mol. The second-order valence-corrected chi connectivity index (χ2v) is 16.4. The molecule has 0 bridgehead atoms. The summed E-state index contributed by atoms with van der Waals surface area (Å²) >= 11 is 12.6. The Labute approximate surface area is 354 Å². The van der Waals surface area contributed by atoms with Crippen LogP contribution in [0.5, 0.6) is 0 Å². The lowest BCUT2D eigenvalue weighted by Gasteiger charge is -2.10. The lowest BCUT2D eigenvalue weighted by Crippen LogP contribution is -2.22. The Kier molecular flexibility index (Phi) is 9.82. The van der Waals surface area contributed by atoms with Gasteiger partial charge >= 0.3 is 0 Å². The Morgan fingerprint density at radius 2 is 0.950 bits per heavy atom. The summed E-state index contributed by atoms with van der Waals surface area (Å²) in [7, 11) is 4.08. The van der Waals surface area contributed by atoms with Gasteiger partial charge in [0.2, 0.25) is 0 Å². The molecule has 2 aliphatic rings. The van der Waals surface area contributed by atoms with E-state index in [0.29, 0.717) is 43.5 Å². The number of fused-ring (bicyclic) bond motifs is 4. The topological polar surface area (TPSA) is 148 Å². The molecule has 0 radical (unpaired) electrons. The highest BCUT2D eigenvalue weighted by atomic mass is 35.5. The van der Waals surface area contributed by atoms with Crippen LogP contribution in [0.1, 0.15) is 39.8 Å². The Balaban J connectivity index is 0.000000157. The van der Waals surface area contributed by atoms with Crippen molar-refractivity contribution in [2.24, 2.45) is 0 Å². The molecule has 0 saturated heterocycles. The summed E-state index contributed by atoms with van der Waals surface area (Å²) in [6, 6.07) is 23.1. The predicted octanol–water partition coefficient (Wildman–Crippen LogP) is 8.78. The highest BCUT2D eigenvalue weighted by Crippen LogP contribution is 2.40. The Morgan fingerprint density at radius 3 is 1.43 bits per heavy atom. The van der Waals surface area contributed by atoms with Crippen molar-refractivity contribution in [2.75, 3.05) is 20.6 Å². The maximum absolute atomic E-state index is 13.1. The van der Waals surface area contributed by atoms with Crippen LogP contribution in [-0.4, -0.2) is 68.7 Å². The van der Waals surface area contributed by atoms with Crippen LogP contribution in [0.15, 0.2) is 97.6 Å². The first-order valence-electron chi connectivity index (χ1n) is 19.4. The smallest absolute Gasteiger partial charge is 0.259 e. The van der Waals surface area contributed by atoms with Gasteiger partial charge in [-0.2, -0.15) is 0 Å². The van der Waals surface area contributed by atoms with Crippen LogP contribution < -0.4 is 10.6 Å². The molecule has 6 heterocycles. The number of carbonyl (C=O) groups is 4. The summed E-state index contributed by atoms with van der Waals surface area (Å²) < 4.78 is 2.12. The molecule has 0 fully saturated rings. The molecule has 11 nitrogen and oxygen atoms in total. The van der Waals surface area contributed by atoms with Crippen molar-refractivity contribution in [3.05, 3.63) is 141 Å². The number of nitrogens with one attached hydrogen (secondary N) is 5. The summed E-state index contributed by atoms with van der Waals surface area (Å²) in [5.74, 6) is -1.57. The number of aryl methyl sites for hydroxylation is 3. The van der Waals surface area contributed by atoms with Crippen molar-refractivity contribution in [1.29, 1.82) is 0 Å². The number of imide groups is 2. The van der Waals surface area contributed by atoms with Crippen molar-refractivity contribution >= 4 is 113 Å². The fourth-order valence-electron chi connectivity index (χ4n) is 8.33. The van der Waals surface area contributed by atoms with Crippen molar-refractivity contribution < 1.29 is 19.2 Å². The van der Waals surface area contributed by atoms with E-state index in [4.69, 9.17) is 23.2 Å². The normalized spacial score (nSPS) is 14.4. The molecule has 0 spiro atoms. The number of amides is 4. The number of hydrogen-bond donors (Lipinski definition) is 5. The zero-order valence-corrected chi connectivity index (χ0v) is 34.7. The van der Waals surface area contributed by atoms with Gasteiger partial charge < -0.3 is 24.4 Å². The third kappa shape index (κ3) is 6.80. The summed E-state index contributed by atoms with van der Waals surface area (Å²) in [6.45, 7) is 5.73. The molecule has 8 aromatic rings. The first-order chi connectivity index (χ1) is 28.9. The Bertz CT molecular complexity index is 3090. The molecule has 4 aromatic heterocycles. The van der Waals surface area contributed by atoms with Gasteiger partial charge in [0.05, 0.1) is 22.3 Å². The van der Waals surface area contributed by atoms with Gasteiger partial charge in [-0.3, -0.25) is 29.8 Å². The second kappa shape index (κ2) is 15.2. The summed E-state index contributed by atoms with van der Waals surface area (Å²) in [5, 5.41) is 9.57. The number of aromatic amines is 3. The van der Waals surface area contributed by atoms with E-state index in [1.807, 2.05) is 94.8 Å². The number of benzene rings is 4. The molecule has 13 heteroatoms. The largest absolute Gasteiger partial charge is 0.361 e. The number of rotatable bonds is 8. The van der Waals surface area contributed by atoms with E-state index < -0.39 is 11.8 Å². The molecule has 0 unspecified atom stereocenters. The van der Waals surface area contributed by atoms with Gasteiger partial charge in [-0.1, -0.05) is 46.5 Å². The molecule has 4 amide bonds. The van der Waals surface area contributed by atoms with Gasteiger partial charge in [-0.15, -0.1) is 0 Å². The van der Waals surface area contributed by atoms with Crippen molar-refractivity contribution in [2.45, 2.75) is 26.8 Å². The first-order valence-corrected chi connectivity index (χ1v) is 20.2. The molecule has 4 aromatic carbocycles. The number of aromatic nitrogens is 4. The minimum atomic E-state index is -0.425. The standard InChI is InChI=1S/C25H22Cl2N4O2.C22H17N3O2/c1-30(2)8-3-9-31-13-19(17-11-15(27)5-7-21(17)31)23-22(24(32)29-25(23)33)18-12-28-20-6-4-14(26)10-16(18)20;1-11-3-5-17-13(7-11)15(9-23-17)19-20(22(27)25-21(19)26)16-10-24-18-6-4-12(2)8-14(16)18/h4-7,10-13,28H,3,8-9H2,1-2H3,(H,29,32,33);3-10,23-24H,1-2H3,(H,25,26,27). The maximum atomic E-state index is 13.1. The monoisotopic (exact) mass is 835 g/mol. The van der Waals surface area contributed by atoms with Gasteiger partial charge in [0, 0.05) is 107 Å². The Hall–Kier alpha value is -6.66. The molecule has 0 saturated carbocycles. The second-order valence-electron chi connectivity index (χ2n) is 15.5. The fraction of sp³-hybridized carbons (Fsp3) is 0.149. The molecule has 10 rings (SSSR count). The van der Waals surface area contributed by atoms with Crippen LogP contribution in [-0.2, 0) is 25.7 Å². The lowest BCUT2D eigenvalue weighted by atomic mass is 9.95. The maximum Gasteiger partial charge on any atom is 0.259 e. The quantitative estimate of drug-likeness (QED) is 0.0972.